The van der Waals surface area contributed by atoms with Gasteiger partial charge >= 0.3 is 0 Å². The minimum absolute atomic E-state index is 0. The first kappa shape index (κ1) is 19.8. The van der Waals surface area contributed by atoms with E-state index in [-0.39, 0.29) is 30.8 Å². The first-order valence-corrected chi connectivity index (χ1v) is 7.16. The second kappa shape index (κ2) is 8.54. The average molecular weight is 351 g/mol. The van der Waals surface area contributed by atoms with Gasteiger partial charge < -0.3 is 20.8 Å². The summed E-state index contributed by atoms with van der Waals surface area (Å²) >= 11 is 0. The van der Waals surface area contributed by atoms with Crippen LogP contribution in [0.5, 0.6) is 0 Å². The van der Waals surface area contributed by atoms with E-state index in [9.17, 15) is 23.8 Å². The van der Waals surface area contributed by atoms with Crippen LogP contribution in [0.25, 0.3) is 0 Å². The van der Waals surface area contributed by atoms with Crippen LogP contribution < -0.4 is 10.6 Å². The fourth-order valence-electron chi connectivity index (χ4n) is 2.79. The predicted molar refractivity (Wildman–Crippen MR) is 83.3 cm³/mol. The number of carbonyl (C=O) groups excluding carboxylic acids is 1. The highest BCUT2D eigenvalue weighted by molar-refractivity contribution is 5.85. The molecule has 23 heavy (non-hydrogen) atoms. The minimum Gasteiger partial charge on any atom is -0.392 e. The summed E-state index contributed by atoms with van der Waals surface area (Å²) in [7, 11) is 0. The molecule has 1 aromatic carbocycles. The van der Waals surface area contributed by atoms with Crippen LogP contribution in [0.15, 0.2) is 18.2 Å². The van der Waals surface area contributed by atoms with Crippen LogP contribution in [-0.2, 0) is 11.2 Å². The summed E-state index contributed by atoms with van der Waals surface area (Å²) in [4.78, 5) is 11.3. The zero-order valence-electron chi connectivity index (χ0n) is 12.6. The van der Waals surface area contributed by atoms with E-state index in [1.165, 1.54) is 19.1 Å². The molecule has 0 bridgehead atoms. The van der Waals surface area contributed by atoms with Crippen LogP contribution in [0.1, 0.15) is 18.9 Å². The van der Waals surface area contributed by atoms with Crippen LogP contribution in [0.4, 0.5) is 8.78 Å². The number of amides is 1. The summed E-state index contributed by atoms with van der Waals surface area (Å²) in [6.07, 6.45) is -1.09. The van der Waals surface area contributed by atoms with E-state index in [1.807, 2.05) is 0 Å². The summed E-state index contributed by atoms with van der Waals surface area (Å²) in [6, 6.07) is 2.01. The smallest absolute Gasteiger partial charge is 0.217 e. The Morgan fingerprint density at radius 2 is 2.00 bits per heavy atom. The van der Waals surface area contributed by atoms with Gasteiger partial charge in [0.1, 0.15) is 11.6 Å². The first-order chi connectivity index (χ1) is 10.3. The topological polar surface area (TPSA) is 81.6 Å². The lowest BCUT2D eigenvalue weighted by atomic mass is 9.95. The van der Waals surface area contributed by atoms with Gasteiger partial charge in [-0.1, -0.05) is 0 Å². The summed E-state index contributed by atoms with van der Waals surface area (Å²) < 4.78 is 26.5. The van der Waals surface area contributed by atoms with Crippen molar-refractivity contribution in [2.75, 3.05) is 6.54 Å². The Morgan fingerprint density at radius 1 is 1.39 bits per heavy atom. The molecular formula is C15H21ClF2N2O3. The van der Waals surface area contributed by atoms with E-state index in [4.69, 9.17) is 0 Å². The number of hydrogen-bond donors (Lipinski definition) is 4. The number of hydrogen-bond acceptors (Lipinski definition) is 4. The molecule has 1 fully saturated rings. The van der Waals surface area contributed by atoms with Crippen molar-refractivity contribution in [3.63, 3.8) is 0 Å². The second-order valence-electron chi connectivity index (χ2n) is 5.68. The third-order valence-electron chi connectivity index (χ3n) is 3.73. The van der Waals surface area contributed by atoms with Crippen molar-refractivity contribution in [2.24, 2.45) is 0 Å². The van der Waals surface area contributed by atoms with E-state index in [0.29, 0.717) is 18.5 Å². The first-order valence-electron chi connectivity index (χ1n) is 7.16. The molecule has 130 valence electrons. The van der Waals surface area contributed by atoms with Gasteiger partial charge in [0.2, 0.25) is 5.91 Å². The van der Waals surface area contributed by atoms with Gasteiger partial charge in [0.15, 0.2) is 0 Å². The molecule has 0 spiro atoms. The zero-order chi connectivity index (χ0) is 16.3. The molecule has 1 amide bonds. The Kier molecular flexibility index (Phi) is 7.34. The molecule has 2 rings (SSSR count). The van der Waals surface area contributed by atoms with E-state index in [0.717, 1.165) is 6.07 Å². The average Bonchev–Trinajstić information content (AvgIpc) is 2.82. The predicted octanol–water partition coefficient (Wildman–Crippen LogP) is 0.517. The quantitative estimate of drug-likeness (QED) is 0.624. The lowest BCUT2D eigenvalue weighted by Gasteiger charge is -2.28. The number of rotatable bonds is 5. The third kappa shape index (κ3) is 5.69. The SMILES string of the molecule is CC(=O)N[C@@H](Cc1cc(F)cc(F)c1)[C@H](O)[C@H]1C[C@@H](O)CN1.Cl. The van der Waals surface area contributed by atoms with Crippen molar-refractivity contribution < 1.29 is 23.8 Å². The highest BCUT2D eigenvalue weighted by atomic mass is 35.5. The third-order valence-corrected chi connectivity index (χ3v) is 3.73. The number of benzene rings is 1. The largest absolute Gasteiger partial charge is 0.392 e. The van der Waals surface area contributed by atoms with E-state index < -0.39 is 29.9 Å². The molecule has 1 aromatic rings. The molecule has 1 aliphatic heterocycles. The Hall–Kier alpha value is -1.28. The van der Waals surface area contributed by atoms with E-state index in [1.54, 1.807) is 0 Å². The van der Waals surface area contributed by atoms with Crippen molar-refractivity contribution in [1.82, 2.24) is 10.6 Å². The molecule has 0 radical (unpaired) electrons. The maximum Gasteiger partial charge on any atom is 0.217 e. The summed E-state index contributed by atoms with van der Waals surface area (Å²) in [5.74, 6) is -1.76. The molecule has 0 aromatic heterocycles. The molecular weight excluding hydrogens is 330 g/mol. The molecule has 4 atom stereocenters. The van der Waals surface area contributed by atoms with Crippen LogP contribution in [-0.4, -0.2) is 47.0 Å². The van der Waals surface area contributed by atoms with Crippen LogP contribution >= 0.6 is 12.4 Å². The van der Waals surface area contributed by atoms with Gasteiger partial charge in [-0.15, -0.1) is 12.4 Å². The molecule has 1 saturated heterocycles. The van der Waals surface area contributed by atoms with Crippen molar-refractivity contribution in [1.29, 1.82) is 0 Å². The molecule has 1 aliphatic rings. The normalized spacial score (nSPS) is 23.0. The van der Waals surface area contributed by atoms with Crippen molar-refractivity contribution in [3.05, 3.63) is 35.4 Å². The maximum atomic E-state index is 13.3. The summed E-state index contributed by atoms with van der Waals surface area (Å²) in [6.45, 7) is 1.67. The Balaban J connectivity index is 0.00000264. The summed E-state index contributed by atoms with van der Waals surface area (Å²) in [5, 5.41) is 25.5. The monoisotopic (exact) mass is 350 g/mol. The highest BCUT2D eigenvalue weighted by Gasteiger charge is 2.33. The number of nitrogens with one attached hydrogen (secondary N) is 2. The van der Waals surface area contributed by atoms with E-state index >= 15 is 0 Å². The van der Waals surface area contributed by atoms with Gasteiger partial charge in [-0.2, -0.15) is 0 Å². The summed E-state index contributed by atoms with van der Waals surface area (Å²) in [5.41, 5.74) is 0.342. The fraction of sp³-hybridized carbons (Fsp3) is 0.533. The lowest BCUT2D eigenvalue weighted by molar-refractivity contribution is -0.120. The van der Waals surface area contributed by atoms with Crippen LogP contribution in [0.2, 0.25) is 0 Å². The van der Waals surface area contributed by atoms with Gasteiger partial charge in [-0.3, -0.25) is 4.79 Å². The molecule has 8 heteroatoms. The fourth-order valence-corrected chi connectivity index (χ4v) is 2.79. The zero-order valence-corrected chi connectivity index (χ0v) is 13.4. The van der Waals surface area contributed by atoms with Gasteiger partial charge in [0.05, 0.1) is 18.2 Å². The Labute approximate surface area is 139 Å². The second-order valence-corrected chi connectivity index (χ2v) is 5.68. The number of aliphatic hydroxyl groups is 2. The van der Waals surface area contributed by atoms with Crippen LogP contribution in [0.3, 0.4) is 0 Å². The number of aliphatic hydroxyl groups excluding tert-OH is 2. The molecule has 0 unspecified atom stereocenters. The van der Waals surface area contributed by atoms with Crippen molar-refractivity contribution in [2.45, 2.75) is 44.1 Å². The Bertz CT molecular complexity index is 527. The minimum atomic E-state index is -0.979. The standard InChI is InChI=1S/C15H20F2N2O3.ClH/c1-8(20)19-14(15(22)13-6-12(21)7-18-13)4-9-2-10(16)5-11(17)3-9;/h2-3,5,12-15,18,21-22H,4,6-7H2,1H3,(H,19,20);1H/t12-,13-,14+,15-;/m1./s1. The lowest BCUT2D eigenvalue weighted by Crippen LogP contribution is -2.51. The van der Waals surface area contributed by atoms with Gasteiger partial charge in [-0.05, 0) is 30.5 Å². The molecule has 4 N–H and O–H groups in total. The number of β-amino-alcohol motifs (C(OH)–C–C–N with tert-alkyl or cyclic N) is 1. The Morgan fingerprint density at radius 3 is 2.48 bits per heavy atom. The van der Waals surface area contributed by atoms with Gasteiger partial charge in [0.25, 0.3) is 0 Å². The number of halogens is 3. The molecule has 1 heterocycles. The maximum absolute atomic E-state index is 13.3. The molecule has 0 aliphatic carbocycles. The molecule has 5 nitrogen and oxygen atoms in total. The van der Waals surface area contributed by atoms with Crippen molar-refractivity contribution in [3.8, 4) is 0 Å². The van der Waals surface area contributed by atoms with Gasteiger partial charge in [-0.25, -0.2) is 8.78 Å². The van der Waals surface area contributed by atoms with Crippen LogP contribution in [0, 0.1) is 11.6 Å². The van der Waals surface area contributed by atoms with Crippen molar-refractivity contribution >= 4 is 18.3 Å². The highest BCUT2D eigenvalue weighted by Crippen LogP contribution is 2.17. The van der Waals surface area contributed by atoms with Gasteiger partial charge in [0, 0.05) is 25.6 Å². The van der Waals surface area contributed by atoms with E-state index in [2.05, 4.69) is 10.6 Å². The number of carbonyl (C=O) groups is 1. The molecule has 0 saturated carbocycles.